The maximum atomic E-state index is 14.9. The zero-order valence-electron chi connectivity index (χ0n) is 20.8. The number of nitrogens with zero attached hydrogens (tertiary/aromatic N) is 6. The van der Waals surface area contributed by atoms with Crippen LogP contribution in [0.4, 0.5) is 14.5 Å². The van der Waals surface area contributed by atoms with E-state index in [9.17, 15) is 18.8 Å². The summed E-state index contributed by atoms with van der Waals surface area (Å²) in [4.78, 5) is 26.1. The number of piperazine rings is 1. The number of halogens is 2. The third kappa shape index (κ3) is 4.56. The smallest absolute Gasteiger partial charge is 0.252 e. The molecular weight excluding hydrogens is 474 g/mol. The molecule has 1 aromatic carbocycles. The van der Waals surface area contributed by atoms with Crippen molar-refractivity contribution in [2.45, 2.75) is 32.5 Å². The lowest BCUT2D eigenvalue weighted by Gasteiger charge is -2.45. The minimum atomic E-state index is -0.401. The predicted molar refractivity (Wildman–Crippen MR) is 138 cm³/mol. The average Bonchev–Trinajstić information content (AvgIpc) is 2.89. The molecule has 1 fully saturated rings. The van der Waals surface area contributed by atoms with Gasteiger partial charge in [0.05, 0.1) is 16.9 Å². The van der Waals surface area contributed by atoms with Crippen LogP contribution in [0, 0.1) is 23.0 Å². The number of aryl methyl sites for hydroxylation is 1. The Morgan fingerprint density at radius 1 is 1.05 bits per heavy atom. The van der Waals surface area contributed by atoms with E-state index in [1.165, 1.54) is 29.0 Å². The van der Waals surface area contributed by atoms with E-state index in [-0.39, 0.29) is 29.2 Å². The van der Waals surface area contributed by atoms with Crippen LogP contribution in [0.25, 0.3) is 22.2 Å². The van der Waals surface area contributed by atoms with Crippen molar-refractivity contribution >= 4 is 16.7 Å². The zero-order chi connectivity index (χ0) is 26.3. The van der Waals surface area contributed by atoms with Crippen LogP contribution in [-0.4, -0.2) is 44.6 Å². The van der Waals surface area contributed by atoms with Crippen molar-refractivity contribution in [1.82, 2.24) is 19.4 Å². The molecule has 0 radical (unpaired) electrons. The van der Waals surface area contributed by atoms with Gasteiger partial charge in [0.15, 0.2) is 0 Å². The van der Waals surface area contributed by atoms with Gasteiger partial charge in [-0.25, -0.2) is 13.8 Å². The number of nitriles is 1. The van der Waals surface area contributed by atoms with E-state index >= 15 is 0 Å². The van der Waals surface area contributed by atoms with Gasteiger partial charge in [-0.05, 0) is 49.7 Å². The lowest BCUT2D eigenvalue weighted by atomic mass is 10.0. The first-order valence-corrected chi connectivity index (χ1v) is 12.1. The van der Waals surface area contributed by atoms with E-state index in [0.717, 1.165) is 0 Å². The van der Waals surface area contributed by atoms with Crippen LogP contribution in [0.5, 0.6) is 0 Å². The second kappa shape index (κ2) is 9.71. The van der Waals surface area contributed by atoms with Crippen LogP contribution in [0.15, 0.2) is 59.5 Å². The Morgan fingerprint density at radius 3 is 2.54 bits per heavy atom. The molecule has 0 amide bonds. The Kier molecular flexibility index (Phi) is 6.44. The van der Waals surface area contributed by atoms with Crippen molar-refractivity contribution in [3.05, 3.63) is 88.1 Å². The van der Waals surface area contributed by atoms with Gasteiger partial charge in [0.2, 0.25) is 0 Å². The van der Waals surface area contributed by atoms with Gasteiger partial charge in [0.1, 0.15) is 28.9 Å². The maximum Gasteiger partial charge on any atom is 0.252 e. The summed E-state index contributed by atoms with van der Waals surface area (Å²) in [5, 5.41) is 9.38. The molecule has 4 aromatic rings. The lowest BCUT2D eigenvalue weighted by Crippen LogP contribution is -2.56. The molecule has 4 heterocycles. The van der Waals surface area contributed by atoms with E-state index < -0.39 is 5.82 Å². The largest absolute Gasteiger partial charge is 0.364 e. The number of anilines is 1. The fraction of sp³-hybridized carbons (Fsp3) is 0.286. The summed E-state index contributed by atoms with van der Waals surface area (Å²) in [7, 11) is 1.69. The lowest BCUT2D eigenvalue weighted by molar-refractivity contribution is 0.156. The highest BCUT2D eigenvalue weighted by atomic mass is 19.1. The predicted octanol–water partition coefficient (Wildman–Crippen LogP) is 4.24. The van der Waals surface area contributed by atoms with Crippen molar-refractivity contribution in [3.63, 3.8) is 0 Å². The summed E-state index contributed by atoms with van der Waals surface area (Å²) >= 11 is 0. The summed E-state index contributed by atoms with van der Waals surface area (Å²) in [6.07, 6.45) is 1.45. The number of pyridine rings is 3. The molecule has 37 heavy (non-hydrogen) atoms. The number of aromatic nitrogens is 3. The van der Waals surface area contributed by atoms with Crippen LogP contribution in [0.1, 0.15) is 25.2 Å². The highest BCUT2D eigenvalue weighted by Gasteiger charge is 2.32. The third-order valence-corrected chi connectivity index (χ3v) is 7.07. The Bertz CT molecular complexity index is 1580. The van der Waals surface area contributed by atoms with Gasteiger partial charge in [-0.3, -0.25) is 14.7 Å². The zero-order valence-corrected chi connectivity index (χ0v) is 20.8. The molecule has 1 aliphatic heterocycles. The molecule has 0 spiro atoms. The van der Waals surface area contributed by atoms with E-state index in [1.807, 2.05) is 0 Å². The Morgan fingerprint density at radius 2 is 1.81 bits per heavy atom. The fourth-order valence-corrected chi connectivity index (χ4v) is 5.06. The van der Waals surface area contributed by atoms with E-state index in [0.29, 0.717) is 53.2 Å². The minimum Gasteiger partial charge on any atom is -0.364 e. The standard InChI is InChI=1S/C28H26F2N6O/c1-17-15-36(25-12-26(37)34(3)24-9-8-21(13-31)33-28(24)25)18(2)14-35(17)16-23-27(22(30)10-11-32-23)19-4-6-20(29)7-5-19/h4-12,17-18H,14-16H2,1-3H3/t17-,18+/m1/s1. The molecule has 1 saturated heterocycles. The van der Waals surface area contributed by atoms with Crippen molar-refractivity contribution in [2.24, 2.45) is 7.05 Å². The van der Waals surface area contributed by atoms with Crippen LogP contribution in [0.3, 0.4) is 0 Å². The summed E-state index contributed by atoms with van der Waals surface area (Å²) in [6.45, 7) is 5.79. The average molecular weight is 501 g/mol. The fourth-order valence-electron chi connectivity index (χ4n) is 5.06. The van der Waals surface area contributed by atoms with E-state index in [1.54, 1.807) is 37.4 Å². The van der Waals surface area contributed by atoms with Gasteiger partial charge in [-0.15, -0.1) is 0 Å². The van der Waals surface area contributed by atoms with Crippen molar-refractivity contribution in [3.8, 4) is 17.2 Å². The highest BCUT2D eigenvalue weighted by molar-refractivity contribution is 5.89. The van der Waals surface area contributed by atoms with Gasteiger partial charge in [0, 0.05) is 56.6 Å². The summed E-state index contributed by atoms with van der Waals surface area (Å²) in [5.74, 6) is -0.783. The van der Waals surface area contributed by atoms with E-state index in [4.69, 9.17) is 0 Å². The van der Waals surface area contributed by atoms with Crippen LogP contribution in [-0.2, 0) is 13.6 Å². The summed E-state index contributed by atoms with van der Waals surface area (Å²) < 4.78 is 29.9. The summed E-state index contributed by atoms with van der Waals surface area (Å²) in [6, 6.07) is 14.1. The third-order valence-electron chi connectivity index (χ3n) is 7.07. The molecule has 0 aliphatic carbocycles. The van der Waals surface area contributed by atoms with Crippen LogP contribution in [0.2, 0.25) is 0 Å². The molecule has 3 aromatic heterocycles. The first kappa shape index (κ1) is 24.5. The van der Waals surface area contributed by atoms with Crippen molar-refractivity contribution in [2.75, 3.05) is 18.0 Å². The molecule has 0 unspecified atom stereocenters. The number of benzene rings is 1. The van der Waals surface area contributed by atoms with Gasteiger partial charge in [-0.2, -0.15) is 5.26 Å². The SMILES string of the molecule is C[C@@H]1CN(c2cc(=O)n(C)c3ccc(C#N)nc23)[C@@H](C)CN1Cc1nccc(F)c1-c1ccc(F)cc1. The topological polar surface area (TPSA) is 78.0 Å². The molecule has 0 bridgehead atoms. The van der Waals surface area contributed by atoms with Gasteiger partial charge < -0.3 is 9.47 Å². The Hall–Kier alpha value is -4.16. The molecule has 9 heteroatoms. The summed E-state index contributed by atoms with van der Waals surface area (Å²) in [5.41, 5.74) is 3.64. The van der Waals surface area contributed by atoms with E-state index in [2.05, 4.69) is 39.7 Å². The molecule has 188 valence electrons. The van der Waals surface area contributed by atoms with Crippen LogP contribution >= 0.6 is 0 Å². The molecule has 7 nitrogen and oxygen atoms in total. The van der Waals surface area contributed by atoms with Gasteiger partial charge >= 0.3 is 0 Å². The molecule has 0 N–H and O–H groups in total. The number of fused-ring (bicyclic) bond motifs is 1. The normalized spacial score (nSPS) is 18.2. The number of hydrogen-bond acceptors (Lipinski definition) is 6. The first-order chi connectivity index (χ1) is 17.8. The maximum absolute atomic E-state index is 14.9. The Balaban J connectivity index is 1.46. The van der Waals surface area contributed by atoms with Crippen molar-refractivity contribution < 1.29 is 8.78 Å². The number of rotatable bonds is 4. The molecule has 0 saturated carbocycles. The second-order valence-electron chi connectivity index (χ2n) is 9.50. The molecule has 2 atom stereocenters. The molecule has 5 rings (SSSR count). The first-order valence-electron chi connectivity index (χ1n) is 12.1. The Labute approximate surface area is 213 Å². The quantitative estimate of drug-likeness (QED) is 0.417. The second-order valence-corrected chi connectivity index (χ2v) is 9.50. The van der Waals surface area contributed by atoms with Crippen molar-refractivity contribution in [1.29, 1.82) is 5.26 Å². The van der Waals surface area contributed by atoms with Gasteiger partial charge in [0.25, 0.3) is 5.56 Å². The van der Waals surface area contributed by atoms with Gasteiger partial charge in [-0.1, -0.05) is 12.1 Å². The van der Waals surface area contributed by atoms with Crippen LogP contribution < -0.4 is 10.5 Å². The highest BCUT2D eigenvalue weighted by Crippen LogP contribution is 2.31. The minimum absolute atomic E-state index is 0.00174. The number of hydrogen-bond donors (Lipinski definition) is 0. The monoisotopic (exact) mass is 500 g/mol. The molecule has 1 aliphatic rings. The molecular formula is C28H26F2N6O.